The average Bonchev–Trinajstić information content (AvgIpc) is 3.32. The van der Waals surface area contributed by atoms with Gasteiger partial charge in [-0.25, -0.2) is 4.99 Å². The van der Waals surface area contributed by atoms with Crippen LogP contribution in [0.15, 0.2) is 68.9 Å². The number of amidine groups is 1. The van der Waals surface area contributed by atoms with Crippen LogP contribution in [0.5, 0.6) is 0 Å². The number of furan rings is 1. The molecule has 2 aromatic carbocycles. The molecule has 1 aliphatic rings. The van der Waals surface area contributed by atoms with Gasteiger partial charge in [-0.05, 0) is 73.1 Å². The number of carbonyl (C=O) groups is 1. The fourth-order valence-electron chi connectivity index (χ4n) is 2.86. The van der Waals surface area contributed by atoms with E-state index in [0.717, 1.165) is 11.3 Å². The van der Waals surface area contributed by atoms with Crippen molar-refractivity contribution in [3.8, 4) is 11.3 Å². The summed E-state index contributed by atoms with van der Waals surface area (Å²) in [6, 6.07) is 15.5. The maximum atomic E-state index is 12.3. The first kappa shape index (κ1) is 19.7. The Kier molecular flexibility index (Phi) is 5.24. The number of carbonyl (C=O) groups excluding carboxylic acids is 1. The minimum absolute atomic E-state index is 0.0160. The first-order valence-electron chi connectivity index (χ1n) is 9.10. The smallest absolute Gasteiger partial charge is 0.269 e. The van der Waals surface area contributed by atoms with E-state index >= 15 is 0 Å². The summed E-state index contributed by atoms with van der Waals surface area (Å²) in [6.45, 7) is 4.05. The Morgan fingerprint density at radius 2 is 1.83 bits per heavy atom. The third-order valence-corrected chi connectivity index (χ3v) is 5.54. The van der Waals surface area contributed by atoms with Crippen molar-refractivity contribution < 1.29 is 14.1 Å². The molecule has 8 heteroatoms. The van der Waals surface area contributed by atoms with Gasteiger partial charge in [0.1, 0.15) is 11.5 Å². The van der Waals surface area contributed by atoms with Gasteiger partial charge in [0.05, 0.1) is 15.5 Å². The van der Waals surface area contributed by atoms with Crippen molar-refractivity contribution >= 4 is 40.3 Å². The Hall–Kier alpha value is -3.65. The molecule has 0 bridgehead atoms. The molecular formula is C22H17N3O4S. The Bertz CT molecular complexity index is 1210. The Balaban J connectivity index is 1.52. The van der Waals surface area contributed by atoms with Crippen molar-refractivity contribution in [3.05, 3.63) is 86.5 Å². The predicted octanol–water partition coefficient (Wildman–Crippen LogP) is 5.36. The first-order chi connectivity index (χ1) is 14.4. The lowest BCUT2D eigenvalue weighted by Gasteiger charge is -2.01. The molecule has 1 aliphatic heterocycles. The van der Waals surface area contributed by atoms with Gasteiger partial charge in [-0.15, -0.1) is 0 Å². The monoisotopic (exact) mass is 419 g/mol. The Morgan fingerprint density at radius 1 is 1.07 bits per heavy atom. The summed E-state index contributed by atoms with van der Waals surface area (Å²) < 4.78 is 5.78. The van der Waals surface area contributed by atoms with Gasteiger partial charge in [0.25, 0.3) is 11.6 Å². The van der Waals surface area contributed by atoms with E-state index in [4.69, 9.17) is 4.42 Å². The highest BCUT2D eigenvalue weighted by molar-refractivity contribution is 8.18. The standard InChI is InChI=1S/C22H17N3O4S/c1-13-3-6-16(11-14(13)2)23-22-24-21(26)20(30-22)12-18-9-10-19(29-18)15-4-7-17(8-5-15)25(27)28/h3-12H,1-2H3,(H,23,24,26)/b20-12+. The number of nitrogens with one attached hydrogen (secondary N) is 1. The van der Waals surface area contributed by atoms with Crippen molar-refractivity contribution in [2.45, 2.75) is 13.8 Å². The van der Waals surface area contributed by atoms with Gasteiger partial charge >= 0.3 is 0 Å². The quantitative estimate of drug-likeness (QED) is 0.349. The molecule has 7 nitrogen and oxygen atoms in total. The molecule has 0 radical (unpaired) electrons. The van der Waals surface area contributed by atoms with Gasteiger partial charge in [-0.2, -0.15) is 0 Å². The lowest BCUT2D eigenvalue weighted by atomic mass is 10.1. The second-order valence-corrected chi connectivity index (χ2v) is 7.79. The van der Waals surface area contributed by atoms with Crippen molar-refractivity contribution in [2.75, 3.05) is 0 Å². The number of benzene rings is 2. The van der Waals surface area contributed by atoms with E-state index < -0.39 is 4.92 Å². The van der Waals surface area contributed by atoms with Crippen LogP contribution >= 0.6 is 11.8 Å². The number of thioether (sulfide) groups is 1. The fraction of sp³-hybridized carbons (Fsp3) is 0.0909. The first-order valence-corrected chi connectivity index (χ1v) is 9.92. The second kappa shape index (κ2) is 8.00. The Labute approximate surface area is 176 Å². The summed E-state index contributed by atoms with van der Waals surface area (Å²) in [6.07, 6.45) is 1.65. The number of nitrogens with zero attached hydrogens (tertiary/aromatic N) is 2. The van der Waals surface area contributed by atoms with E-state index in [-0.39, 0.29) is 11.6 Å². The fourth-order valence-corrected chi connectivity index (χ4v) is 3.68. The molecule has 150 valence electrons. The lowest BCUT2D eigenvalue weighted by Crippen LogP contribution is -2.19. The van der Waals surface area contributed by atoms with Gasteiger partial charge in [0, 0.05) is 23.8 Å². The molecule has 1 aromatic heterocycles. The highest BCUT2D eigenvalue weighted by atomic mass is 32.2. The molecule has 1 amide bonds. The van der Waals surface area contributed by atoms with E-state index in [0.29, 0.717) is 27.2 Å². The van der Waals surface area contributed by atoms with Crippen LogP contribution in [0.2, 0.25) is 0 Å². The van der Waals surface area contributed by atoms with E-state index in [1.165, 1.54) is 29.5 Å². The normalized spacial score (nSPS) is 16.3. The summed E-state index contributed by atoms with van der Waals surface area (Å²) in [5.74, 6) is 0.827. The third kappa shape index (κ3) is 4.18. The molecule has 1 N–H and O–H groups in total. The van der Waals surface area contributed by atoms with Crippen LogP contribution in [-0.4, -0.2) is 16.0 Å². The van der Waals surface area contributed by atoms with Gasteiger partial charge in [0.15, 0.2) is 5.17 Å². The number of nitro benzene ring substituents is 1. The number of non-ortho nitro benzene ring substituents is 1. The number of nitro groups is 1. The van der Waals surface area contributed by atoms with Crippen LogP contribution in [0.3, 0.4) is 0 Å². The molecule has 0 spiro atoms. The third-order valence-electron chi connectivity index (χ3n) is 4.63. The van der Waals surface area contributed by atoms with Crippen molar-refractivity contribution in [1.82, 2.24) is 5.32 Å². The molecule has 3 aromatic rings. The zero-order chi connectivity index (χ0) is 21.3. The van der Waals surface area contributed by atoms with Crippen molar-refractivity contribution in [3.63, 3.8) is 0 Å². The summed E-state index contributed by atoms with van der Waals surface area (Å²) in [5.41, 5.74) is 3.83. The predicted molar refractivity (Wildman–Crippen MR) is 118 cm³/mol. The molecule has 1 saturated heterocycles. The number of hydrogen-bond acceptors (Lipinski definition) is 6. The zero-order valence-electron chi connectivity index (χ0n) is 16.2. The lowest BCUT2D eigenvalue weighted by molar-refractivity contribution is -0.384. The highest BCUT2D eigenvalue weighted by Gasteiger charge is 2.24. The van der Waals surface area contributed by atoms with Gasteiger partial charge in [-0.3, -0.25) is 14.9 Å². The van der Waals surface area contributed by atoms with Gasteiger partial charge in [0.2, 0.25) is 0 Å². The molecule has 1 fully saturated rings. The van der Waals surface area contributed by atoms with Crippen LogP contribution in [0.4, 0.5) is 11.4 Å². The number of aryl methyl sites for hydroxylation is 2. The van der Waals surface area contributed by atoms with Crippen molar-refractivity contribution in [1.29, 1.82) is 0 Å². The number of rotatable bonds is 4. The van der Waals surface area contributed by atoms with Crippen LogP contribution in [0, 0.1) is 24.0 Å². The molecule has 0 saturated carbocycles. The molecule has 4 rings (SSSR count). The van der Waals surface area contributed by atoms with Crippen LogP contribution in [0.25, 0.3) is 17.4 Å². The summed E-state index contributed by atoms with van der Waals surface area (Å²) >= 11 is 1.24. The van der Waals surface area contributed by atoms with Crippen LogP contribution in [-0.2, 0) is 4.79 Å². The zero-order valence-corrected chi connectivity index (χ0v) is 17.0. The minimum Gasteiger partial charge on any atom is -0.457 e. The number of amides is 1. The molecule has 0 aliphatic carbocycles. The molecule has 0 unspecified atom stereocenters. The molecular weight excluding hydrogens is 402 g/mol. The van der Waals surface area contributed by atoms with E-state index in [1.807, 2.05) is 32.0 Å². The summed E-state index contributed by atoms with van der Waals surface area (Å²) in [7, 11) is 0. The summed E-state index contributed by atoms with van der Waals surface area (Å²) in [4.78, 5) is 27.6. The SMILES string of the molecule is Cc1ccc(N=C2NC(=O)/C(=C\c3ccc(-c4ccc([N+](=O)[O-])cc4)o3)S2)cc1C. The minimum atomic E-state index is -0.450. The van der Waals surface area contributed by atoms with Gasteiger partial charge < -0.3 is 9.73 Å². The maximum absolute atomic E-state index is 12.3. The molecule has 0 atom stereocenters. The van der Waals surface area contributed by atoms with E-state index in [9.17, 15) is 14.9 Å². The topological polar surface area (TPSA) is 97.7 Å². The highest BCUT2D eigenvalue weighted by Crippen LogP contribution is 2.31. The second-order valence-electron chi connectivity index (χ2n) is 6.76. The molecule has 2 heterocycles. The van der Waals surface area contributed by atoms with E-state index in [1.54, 1.807) is 30.3 Å². The van der Waals surface area contributed by atoms with Gasteiger partial charge in [-0.1, -0.05) is 6.07 Å². The average molecular weight is 419 g/mol. The van der Waals surface area contributed by atoms with Crippen LogP contribution in [0.1, 0.15) is 16.9 Å². The largest absolute Gasteiger partial charge is 0.457 e. The maximum Gasteiger partial charge on any atom is 0.269 e. The molecule has 30 heavy (non-hydrogen) atoms. The summed E-state index contributed by atoms with van der Waals surface area (Å²) in [5, 5.41) is 14.0. The number of aliphatic imine (C=N–C) groups is 1. The van der Waals surface area contributed by atoms with E-state index in [2.05, 4.69) is 10.3 Å². The Morgan fingerprint density at radius 3 is 2.53 bits per heavy atom. The van der Waals surface area contributed by atoms with Crippen molar-refractivity contribution in [2.24, 2.45) is 4.99 Å². The van der Waals surface area contributed by atoms with Crippen LogP contribution < -0.4 is 5.32 Å². The number of hydrogen-bond donors (Lipinski definition) is 1.